The Bertz CT molecular complexity index is 291. The van der Waals surface area contributed by atoms with Crippen molar-refractivity contribution < 1.29 is 9.59 Å². The first-order chi connectivity index (χ1) is 7.93. The Morgan fingerprint density at radius 2 is 2.06 bits per heavy atom. The summed E-state index contributed by atoms with van der Waals surface area (Å²) in [5, 5.41) is 5.93. The zero-order valence-corrected chi connectivity index (χ0v) is 10.8. The molecule has 4 N–H and O–H groups in total. The van der Waals surface area contributed by atoms with Crippen molar-refractivity contribution >= 4 is 11.8 Å². The highest BCUT2D eigenvalue weighted by Crippen LogP contribution is 2.16. The van der Waals surface area contributed by atoms with E-state index in [1.807, 2.05) is 20.8 Å². The second-order valence-electron chi connectivity index (χ2n) is 5.18. The summed E-state index contributed by atoms with van der Waals surface area (Å²) in [6, 6.07) is -0.789. The third-order valence-corrected chi connectivity index (χ3v) is 3.32. The molecule has 1 rings (SSSR count). The van der Waals surface area contributed by atoms with Crippen LogP contribution >= 0.6 is 0 Å². The van der Waals surface area contributed by atoms with E-state index < -0.39 is 11.9 Å². The summed E-state index contributed by atoms with van der Waals surface area (Å²) in [7, 11) is 0. The van der Waals surface area contributed by atoms with Crippen molar-refractivity contribution in [2.24, 2.45) is 17.6 Å². The number of nitrogens with one attached hydrogen (secondary N) is 2. The minimum absolute atomic E-state index is 0.00958. The Labute approximate surface area is 103 Å². The summed E-state index contributed by atoms with van der Waals surface area (Å²) in [4.78, 5) is 23.3. The van der Waals surface area contributed by atoms with Crippen LogP contribution in [0.4, 0.5) is 0 Å². The molecule has 0 aromatic carbocycles. The number of nitrogens with two attached hydrogens (primary N) is 1. The maximum atomic E-state index is 12.0. The van der Waals surface area contributed by atoms with Gasteiger partial charge in [-0.05, 0) is 31.2 Å². The van der Waals surface area contributed by atoms with Gasteiger partial charge in [-0.3, -0.25) is 9.59 Å². The van der Waals surface area contributed by atoms with Crippen molar-refractivity contribution in [1.29, 1.82) is 0 Å². The van der Waals surface area contributed by atoms with Gasteiger partial charge in [0.15, 0.2) is 0 Å². The molecule has 17 heavy (non-hydrogen) atoms. The van der Waals surface area contributed by atoms with Gasteiger partial charge in [-0.15, -0.1) is 0 Å². The summed E-state index contributed by atoms with van der Waals surface area (Å²) in [5.41, 5.74) is 5.28. The molecule has 1 aliphatic heterocycles. The molecule has 3 atom stereocenters. The topological polar surface area (TPSA) is 84.2 Å². The molecule has 1 saturated heterocycles. The third-order valence-electron chi connectivity index (χ3n) is 3.32. The minimum Gasteiger partial charge on any atom is -0.368 e. The number of carbonyl (C=O) groups excluding carboxylic acids is 2. The smallest absolute Gasteiger partial charge is 0.240 e. The molecule has 5 nitrogen and oxygen atoms in total. The normalized spacial score (nSPS) is 26.6. The Kier molecular flexibility index (Phi) is 4.93. The Morgan fingerprint density at radius 3 is 2.53 bits per heavy atom. The number of primary amides is 1. The van der Waals surface area contributed by atoms with Crippen LogP contribution in [-0.4, -0.2) is 30.4 Å². The number of amides is 2. The molecule has 1 aliphatic rings. The number of piperidine rings is 1. The lowest BCUT2D eigenvalue weighted by Crippen LogP contribution is -2.56. The summed E-state index contributed by atoms with van der Waals surface area (Å²) < 4.78 is 0. The van der Waals surface area contributed by atoms with Gasteiger partial charge in [-0.1, -0.05) is 20.8 Å². The summed E-state index contributed by atoms with van der Waals surface area (Å²) in [5.74, 6) is -0.286. The first-order valence-electron chi connectivity index (χ1n) is 6.26. The predicted octanol–water partition coefficient (Wildman–Crippen LogP) is 0.000600. The fourth-order valence-electron chi connectivity index (χ4n) is 2.21. The number of hydrogen-bond donors (Lipinski definition) is 3. The average molecular weight is 241 g/mol. The van der Waals surface area contributed by atoms with E-state index >= 15 is 0 Å². The van der Waals surface area contributed by atoms with Crippen LogP contribution in [0.3, 0.4) is 0 Å². The molecule has 2 amide bonds. The van der Waals surface area contributed by atoms with E-state index in [0.717, 1.165) is 19.4 Å². The van der Waals surface area contributed by atoms with E-state index in [0.29, 0.717) is 5.92 Å². The van der Waals surface area contributed by atoms with Crippen LogP contribution in [0.15, 0.2) is 0 Å². The molecule has 0 bridgehead atoms. The van der Waals surface area contributed by atoms with Crippen molar-refractivity contribution in [3.05, 3.63) is 0 Å². The quantitative estimate of drug-likeness (QED) is 0.648. The maximum absolute atomic E-state index is 12.0. The predicted molar refractivity (Wildman–Crippen MR) is 66.2 cm³/mol. The average Bonchev–Trinajstić information content (AvgIpc) is 2.25. The lowest BCUT2D eigenvalue weighted by molar-refractivity contribution is -0.130. The van der Waals surface area contributed by atoms with Gasteiger partial charge in [-0.2, -0.15) is 0 Å². The zero-order chi connectivity index (χ0) is 13.0. The second-order valence-corrected chi connectivity index (χ2v) is 5.18. The molecule has 1 heterocycles. The van der Waals surface area contributed by atoms with Crippen LogP contribution in [-0.2, 0) is 9.59 Å². The summed E-state index contributed by atoms with van der Waals surface area (Å²) in [6.07, 6.45) is 2.13. The van der Waals surface area contributed by atoms with Crippen LogP contribution in [0, 0.1) is 11.8 Å². The molecule has 98 valence electrons. The first-order valence-corrected chi connectivity index (χ1v) is 6.26. The number of carbonyl (C=O) groups is 2. The van der Waals surface area contributed by atoms with Crippen LogP contribution in [0.5, 0.6) is 0 Å². The molecule has 0 aromatic heterocycles. The highest BCUT2D eigenvalue weighted by atomic mass is 16.2. The molecule has 0 radical (unpaired) electrons. The third kappa shape index (κ3) is 3.70. The van der Waals surface area contributed by atoms with E-state index in [2.05, 4.69) is 10.6 Å². The number of rotatable bonds is 4. The van der Waals surface area contributed by atoms with Gasteiger partial charge in [0.25, 0.3) is 0 Å². The van der Waals surface area contributed by atoms with E-state index in [4.69, 9.17) is 5.73 Å². The van der Waals surface area contributed by atoms with Gasteiger partial charge in [0.2, 0.25) is 11.8 Å². The van der Waals surface area contributed by atoms with Gasteiger partial charge < -0.3 is 16.4 Å². The molecule has 0 saturated carbocycles. The molecule has 0 spiro atoms. The van der Waals surface area contributed by atoms with Gasteiger partial charge >= 0.3 is 0 Å². The highest BCUT2D eigenvalue weighted by Gasteiger charge is 2.30. The molecule has 1 fully saturated rings. The lowest BCUT2D eigenvalue weighted by Gasteiger charge is -2.30. The second kappa shape index (κ2) is 6.00. The van der Waals surface area contributed by atoms with Crippen molar-refractivity contribution in [3.63, 3.8) is 0 Å². The maximum Gasteiger partial charge on any atom is 0.240 e. The lowest BCUT2D eigenvalue weighted by atomic mass is 9.91. The van der Waals surface area contributed by atoms with Crippen molar-refractivity contribution in [2.75, 3.05) is 6.54 Å². The van der Waals surface area contributed by atoms with Crippen LogP contribution < -0.4 is 16.4 Å². The molecular weight excluding hydrogens is 218 g/mol. The van der Waals surface area contributed by atoms with Crippen LogP contribution in [0.1, 0.15) is 33.6 Å². The Morgan fingerprint density at radius 1 is 1.41 bits per heavy atom. The molecular formula is C12H23N3O2. The van der Waals surface area contributed by atoms with E-state index in [1.54, 1.807) is 0 Å². The van der Waals surface area contributed by atoms with Crippen molar-refractivity contribution in [3.8, 4) is 0 Å². The minimum atomic E-state index is -0.585. The van der Waals surface area contributed by atoms with E-state index in [-0.39, 0.29) is 17.9 Å². The monoisotopic (exact) mass is 241 g/mol. The zero-order valence-electron chi connectivity index (χ0n) is 10.8. The van der Waals surface area contributed by atoms with Crippen LogP contribution in [0.2, 0.25) is 0 Å². The Hall–Kier alpha value is -1.10. The summed E-state index contributed by atoms with van der Waals surface area (Å²) in [6.45, 7) is 6.64. The van der Waals surface area contributed by atoms with E-state index in [1.165, 1.54) is 0 Å². The molecule has 3 unspecified atom stereocenters. The van der Waals surface area contributed by atoms with Gasteiger partial charge in [0.05, 0.1) is 6.04 Å². The first kappa shape index (κ1) is 14.0. The Balaban J connectivity index is 2.60. The largest absolute Gasteiger partial charge is 0.368 e. The number of hydrogen-bond acceptors (Lipinski definition) is 3. The highest BCUT2D eigenvalue weighted by molar-refractivity contribution is 5.89. The van der Waals surface area contributed by atoms with Crippen molar-refractivity contribution in [2.45, 2.75) is 45.7 Å². The summed E-state index contributed by atoms with van der Waals surface area (Å²) >= 11 is 0. The molecule has 0 aliphatic carbocycles. The molecule has 5 heteroatoms. The van der Waals surface area contributed by atoms with Gasteiger partial charge in [0.1, 0.15) is 6.04 Å². The molecule has 0 aromatic rings. The van der Waals surface area contributed by atoms with Crippen LogP contribution in [0.25, 0.3) is 0 Å². The van der Waals surface area contributed by atoms with Crippen molar-refractivity contribution in [1.82, 2.24) is 10.6 Å². The van der Waals surface area contributed by atoms with E-state index in [9.17, 15) is 9.59 Å². The fourth-order valence-corrected chi connectivity index (χ4v) is 2.21. The van der Waals surface area contributed by atoms with Gasteiger partial charge in [0, 0.05) is 0 Å². The standard InChI is InChI=1S/C12H23N3O2/c1-7(2)9(11(13)16)15-12(17)10-8(3)5-4-6-14-10/h7-10,14H,4-6H2,1-3H3,(H2,13,16)(H,15,17). The fraction of sp³-hybridized carbons (Fsp3) is 0.833. The van der Waals surface area contributed by atoms with Gasteiger partial charge in [-0.25, -0.2) is 0 Å². The SMILES string of the molecule is CC(C)C(NC(=O)C1NCCCC1C)C(N)=O.